The number of hydrogen-bond acceptors (Lipinski definition) is 2. The molecule has 0 amide bonds. The molecule has 0 fully saturated rings. The molecule has 0 unspecified atom stereocenters. The monoisotopic (exact) mass is 272 g/mol. The highest BCUT2D eigenvalue weighted by Gasteiger charge is 2.05. The second-order valence-electron chi connectivity index (χ2n) is 5.09. The van der Waals surface area contributed by atoms with Gasteiger partial charge in [0.05, 0.1) is 5.69 Å². The lowest BCUT2D eigenvalue weighted by Gasteiger charge is -2.15. The molecule has 0 atom stereocenters. The minimum Gasteiger partial charge on any atom is -0.375 e. The third kappa shape index (κ3) is 4.07. The van der Waals surface area contributed by atoms with Gasteiger partial charge in [0.15, 0.2) is 0 Å². The van der Waals surface area contributed by atoms with Gasteiger partial charge in [0, 0.05) is 20.6 Å². The van der Waals surface area contributed by atoms with Crippen LogP contribution in [0.25, 0.3) is 0 Å². The summed E-state index contributed by atoms with van der Waals surface area (Å²) in [6, 6.07) is 15.6. The maximum absolute atomic E-state index is 13.6. The number of hydrogen-bond donors (Lipinski definition) is 1. The van der Waals surface area contributed by atoms with Crippen molar-refractivity contribution in [3.63, 3.8) is 0 Å². The summed E-state index contributed by atoms with van der Waals surface area (Å²) >= 11 is 0. The second-order valence-corrected chi connectivity index (χ2v) is 5.09. The standard InChI is InChI=1S/C17H21FN2/c1-20(2)17-12-15(8-9-16(17)18)13-19-11-10-14-6-4-3-5-7-14/h3-9,12,19H,10-11,13H2,1-2H3. The van der Waals surface area contributed by atoms with Gasteiger partial charge in [-0.25, -0.2) is 4.39 Å². The van der Waals surface area contributed by atoms with E-state index in [1.54, 1.807) is 4.90 Å². The van der Waals surface area contributed by atoms with Gasteiger partial charge < -0.3 is 10.2 Å². The molecule has 0 heterocycles. The van der Waals surface area contributed by atoms with Gasteiger partial charge in [-0.05, 0) is 36.2 Å². The van der Waals surface area contributed by atoms with E-state index in [2.05, 4.69) is 29.6 Å². The Labute approximate surface area is 120 Å². The Hall–Kier alpha value is -1.87. The maximum Gasteiger partial charge on any atom is 0.146 e. The zero-order valence-corrected chi connectivity index (χ0v) is 12.1. The molecule has 0 aromatic heterocycles. The van der Waals surface area contributed by atoms with Crippen molar-refractivity contribution in [1.29, 1.82) is 0 Å². The summed E-state index contributed by atoms with van der Waals surface area (Å²) in [6.45, 7) is 1.67. The maximum atomic E-state index is 13.6. The highest BCUT2D eigenvalue weighted by atomic mass is 19.1. The molecule has 0 spiro atoms. The van der Waals surface area contributed by atoms with E-state index in [9.17, 15) is 4.39 Å². The molecule has 0 aliphatic carbocycles. The van der Waals surface area contributed by atoms with Gasteiger partial charge in [0.1, 0.15) is 5.82 Å². The molecule has 20 heavy (non-hydrogen) atoms. The normalized spacial score (nSPS) is 10.6. The molecular formula is C17H21FN2. The van der Waals surface area contributed by atoms with Gasteiger partial charge in [0.2, 0.25) is 0 Å². The average Bonchev–Trinajstić information content (AvgIpc) is 2.46. The Morgan fingerprint density at radius 1 is 1.00 bits per heavy atom. The summed E-state index contributed by atoms with van der Waals surface area (Å²) in [5.41, 5.74) is 3.06. The van der Waals surface area contributed by atoms with Crippen LogP contribution in [0, 0.1) is 5.82 Å². The summed E-state index contributed by atoms with van der Waals surface area (Å²) in [7, 11) is 3.70. The second kappa shape index (κ2) is 7.06. The molecule has 0 aliphatic heterocycles. The van der Waals surface area contributed by atoms with Crippen LogP contribution in [0.4, 0.5) is 10.1 Å². The Morgan fingerprint density at radius 3 is 2.45 bits per heavy atom. The largest absolute Gasteiger partial charge is 0.375 e. The quantitative estimate of drug-likeness (QED) is 0.812. The van der Waals surface area contributed by atoms with Crippen LogP contribution < -0.4 is 10.2 Å². The van der Waals surface area contributed by atoms with E-state index >= 15 is 0 Å². The van der Waals surface area contributed by atoms with Gasteiger partial charge in [-0.15, -0.1) is 0 Å². The third-order valence-corrected chi connectivity index (χ3v) is 3.25. The van der Waals surface area contributed by atoms with E-state index < -0.39 is 0 Å². The molecule has 0 saturated carbocycles. The van der Waals surface area contributed by atoms with Crippen molar-refractivity contribution in [1.82, 2.24) is 5.32 Å². The van der Waals surface area contributed by atoms with Crippen LogP contribution in [-0.2, 0) is 13.0 Å². The summed E-state index contributed by atoms with van der Waals surface area (Å²) in [4.78, 5) is 1.79. The van der Waals surface area contributed by atoms with Gasteiger partial charge in [-0.1, -0.05) is 36.4 Å². The van der Waals surface area contributed by atoms with Crippen molar-refractivity contribution in [2.45, 2.75) is 13.0 Å². The number of halogens is 1. The van der Waals surface area contributed by atoms with Crippen molar-refractivity contribution < 1.29 is 4.39 Å². The smallest absolute Gasteiger partial charge is 0.146 e. The number of rotatable bonds is 6. The van der Waals surface area contributed by atoms with Gasteiger partial charge in [0.25, 0.3) is 0 Å². The molecule has 2 rings (SSSR count). The summed E-state index contributed by atoms with van der Waals surface area (Å²) in [5, 5.41) is 3.39. The van der Waals surface area contributed by atoms with E-state index in [4.69, 9.17) is 0 Å². The van der Waals surface area contributed by atoms with E-state index in [0.29, 0.717) is 5.69 Å². The Bertz CT molecular complexity index is 538. The van der Waals surface area contributed by atoms with E-state index in [1.165, 1.54) is 11.6 Å². The number of anilines is 1. The highest BCUT2D eigenvalue weighted by molar-refractivity contribution is 5.48. The van der Waals surface area contributed by atoms with Crippen molar-refractivity contribution in [3.8, 4) is 0 Å². The van der Waals surface area contributed by atoms with Crippen molar-refractivity contribution in [3.05, 3.63) is 65.5 Å². The number of nitrogens with one attached hydrogen (secondary N) is 1. The molecule has 2 aromatic rings. The zero-order chi connectivity index (χ0) is 14.4. The van der Waals surface area contributed by atoms with E-state index in [0.717, 1.165) is 25.1 Å². The Morgan fingerprint density at radius 2 is 1.75 bits per heavy atom. The molecule has 3 heteroatoms. The van der Waals surface area contributed by atoms with Crippen LogP contribution in [0.5, 0.6) is 0 Å². The average molecular weight is 272 g/mol. The molecule has 2 nitrogen and oxygen atoms in total. The fourth-order valence-electron chi connectivity index (χ4n) is 2.12. The van der Waals surface area contributed by atoms with Gasteiger partial charge >= 0.3 is 0 Å². The summed E-state index contributed by atoms with van der Waals surface area (Å²) in [5.74, 6) is -0.178. The first kappa shape index (κ1) is 14.5. The Balaban J connectivity index is 1.84. The highest BCUT2D eigenvalue weighted by Crippen LogP contribution is 2.18. The predicted molar refractivity (Wildman–Crippen MR) is 82.6 cm³/mol. The molecular weight excluding hydrogens is 251 g/mol. The predicted octanol–water partition coefficient (Wildman–Crippen LogP) is 3.22. The lowest BCUT2D eigenvalue weighted by Crippen LogP contribution is -2.17. The van der Waals surface area contributed by atoms with Crippen LogP contribution in [0.2, 0.25) is 0 Å². The summed E-state index contributed by atoms with van der Waals surface area (Å²) in [6.07, 6.45) is 1.00. The van der Waals surface area contributed by atoms with Crippen LogP contribution in [0.1, 0.15) is 11.1 Å². The third-order valence-electron chi connectivity index (χ3n) is 3.25. The fourth-order valence-corrected chi connectivity index (χ4v) is 2.12. The van der Waals surface area contributed by atoms with E-state index in [-0.39, 0.29) is 5.82 Å². The molecule has 2 aromatic carbocycles. The first-order valence-corrected chi connectivity index (χ1v) is 6.87. The van der Waals surface area contributed by atoms with Crippen LogP contribution in [0.15, 0.2) is 48.5 Å². The minimum atomic E-state index is -0.178. The molecule has 0 radical (unpaired) electrons. The van der Waals surface area contributed by atoms with Crippen LogP contribution in [0.3, 0.4) is 0 Å². The van der Waals surface area contributed by atoms with Crippen molar-refractivity contribution >= 4 is 5.69 Å². The minimum absolute atomic E-state index is 0.178. The van der Waals surface area contributed by atoms with Crippen LogP contribution in [-0.4, -0.2) is 20.6 Å². The molecule has 0 aliphatic rings. The van der Waals surface area contributed by atoms with Gasteiger partial charge in [-0.2, -0.15) is 0 Å². The lowest BCUT2D eigenvalue weighted by molar-refractivity contribution is 0.623. The molecule has 106 valence electrons. The lowest BCUT2D eigenvalue weighted by atomic mass is 10.1. The molecule has 1 N–H and O–H groups in total. The SMILES string of the molecule is CN(C)c1cc(CNCCc2ccccc2)ccc1F. The first-order valence-electron chi connectivity index (χ1n) is 6.87. The number of nitrogens with zero attached hydrogens (tertiary/aromatic N) is 1. The van der Waals surface area contributed by atoms with E-state index in [1.807, 2.05) is 32.3 Å². The zero-order valence-electron chi connectivity index (χ0n) is 12.1. The number of benzene rings is 2. The van der Waals surface area contributed by atoms with Crippen molar-refractivity contribution in [2.24, 2.45) is 0 Å². The Kier molecular flexibility index (Phi) is 5.13. The first-order chi connectivity index (χ1) is 9.66. The van der Waals surface area contributed by atoms with Gasteiger partial charge in [-0.3, -0.25) is 0 Å². The fraction of sp³-hybridized carbons (Fsp3) is 0.294. The molecule has 0 saturated heterocycles. The topological polar surface area (TPSA) is 15.3 Å². The van der Waals surface area contributed by atoms with Crippen molar-refractivity contribution in [2.75, 3.05) is 25.5 Å². The van der Waals surface area contributed by atoms with Crippen LogP contribution >= 0.6 is 0 Å². The molecule has 0 bridgehead atoms. The summed E-state index contributed by atoms with van der Waals surface area (Å²) < 4.78 is 13.6.